The SMILES string of the molecule is C=CC1=C(C=C)OCCC(=O)N1. The molecule has 3 nitrogen and oxygen atoms in total. The zero-order valence-electron chi connectivity index (χ0n) is 6.80. The lowest BCUT2D eigenvalue weighted by atomic mass is 10.3. The number of ether oxygens (including phenoxy) is 1. The maximum absolute atomic E-state index is 11.0. The summed E-state index contributed by atoms with van der Waals surface area (Å²) in [5.41, 5.74) is 0.590. The van der Waals surface area contributed by atoms with Crippen LogP contribution in [0.5, 0.6) is 0 Å². The summed E-state index contributed by atoms with van der Waals surface area (Å²) in [6, 6.07) is 0. The largest absolute Gasteiger partial charge is 0.491 e. The zero-order chi connectivity index (χ0) is 8.97. The Hall–Kier alpha value is -1.51. The van der Waals surface area contributed by atoms with Gasteiger partial charge >= 0.3 is 0 Å². The molecular weight excluding hydrogens is 154 g/mol. The Labute approximate surface area is 71.4 Å². The molecule has 0 aromatic rings. The van der Waals surface area contributed by atoms with Gasteiger partial charge in [-0.3, -0.25) is 4.79 Å². The molecule has 1 N–H and O–H groups in total. The molecule has 1 aliphatic rings. The molecular formula is C9H11NO2. The molecule has 1 amide bonds. The average Bonchev–Trinajstić information content (AvgIpc) is 2.26. The Morgan fingerprint density at radius 2 is 2.17 bits per heavy atom. The second kappa shape index (κ2) is 3.76. The maximum atomic E-state index is 11.0. The molecule has 1 heterocycles. The van der Waals surface area contributed by atoms with Gasteiger partial charge in [0.2, 0.25) is 5.91 Å². The van der Waals surface area contributed by atoms with Gasteiger partial charge in [0.15, 0.2) is 0 Å². The highest BCUT2D eigenvalue weighted by Gasteiger charge is 2.11. The van der Waals surface area contributed by atoms with Crippen LogP contribution in [0.2, 0.25) is 0 Å². The number of hydrogen-bond acceptors (Lipinski definition) is 2. The predicted octanol–water partition coefficient (Wildman–Crippen LogP) is 1.11. The average molecular weight is 165 g/mol. The Morgan fingerprint density at radius 1 is 1.42 bits per heavy atom. The third-order valence-electron chi connectivity index (χ3n) is 1.52. The van der Waals surface area contributed by atoms with E-state index in [2.05, 4.69) is 18.5 Å². The lowest BCUT2D eigenvalue weighted by Gasteiger charge is -2.04. The van der Waals surface area contributed by atoms with Gasteiger partial charge in [0.1, 0.15) is 5.76 Å². The third kappa shape index (κ3) is 1.75. The van der Waals surface area contributed by atoms with Crippen LogP contribution in [0.1, 0.15) is 6.42 Å². The minimum Gasteiger partial charge on any atom is -0.491 e. The van der Waals surface area contributed by atoms with Crippen molar-refractivity contribution in [3.63, 3.8) is 0 Å². The van der Waals surface area contributed by atoms with E-state index in [-0.39, 0.29) is 5.91 Å². The lowest BCUT2D eigenvalue weighted by Crippen LogP contribution is -2.20. The topological polar surface area (TPSA) is 38.3 Å². The molecule has 1 aliphatic heterocycles. The summed E-state index contributed by atoms with van der Waals surface area (Å²) in [6.07, 6.45) is 3.47. The first-order valence-corrected chi connectivity index (χ1v) is 3.69. The van der Waals surface area contributed by atoms with Crippen LogP contribution in [0.3, 0.4) is 0 Å². The summed E-state index contributed by atoms with van der Waals surface area (Å²) in [4.78, 5) is 11.0. The molecule has 0 spiro atoms. The van der Waals surface area contributed by atoms with Crippen molar-refractivity contribution < 1.29 is 9.53 Å². The van der Waals surface area contributed by atoms with Crippen LogP contribution in [-0.2, 0) is 9.53 Å². The fourth-order valence-corrected chi connectivity index (χ4v) is 0.926. The van der Waals surface area contributed by atoms with Crippen LogP contribution in [0.25, 0.3) is 0 Å². The molecule has 0 aromatic heterocycles. The fourth-order valence-electron chi connectivity index (χ4n) is 0.926. The van der Waals surface area contributed by atoms with Gasteiger partial charge in [-0.1, -0.05) is 13.2 Å². The van der Waals surface area contributed by atoms with Gasteiger partial charge < -0.3 is 10.1 Å². The highest BCUT2D eigenvalue weighted by atomic mass is 16.5. The molecule has 0 atom stereocenters. The number of carbonyl (C=O) groups excluding carboxylic acids is 1. The monoisotopic (exact) mass is 165 g/mol. The summed E-state index contributed by atoms with van der Waals surface area (Å²) in [7, 11) is 0. The summed E-state index contributed by atoms with van der Waals surface area (Å²) < 4.78 is 5.23. The van der Waals surface area contributed by atoms with E-state index < -0.39 is 0 Å². The molecule has 64 valence electrons. The van der Waals surface area contributed by atoms with Crippen LogP contribution in [0.4, 0.5) is 0 Å². The second-order valence-electron chi connectivity index (χ2n) is 2.33. The van der Waals surface area contributed by atoms with Crippen LogP contribution in [-0.4, -0.2) is 12.5 Å². The highest BCUT2D eigenvalue weighted by Crippen LogP contribution is 2.10. The quantitative estimate of drug-likeness (QED) is 0.665. The third-order valence-corrected chi connectivity index (χ3v) is 1.52. The van der Waals surface area contributed by atoms with Crippen molar-refractivity contribution in [2.45, 2.75) is 6.42 Å². The van der Waals surface area contributed by atoms with Crippen LogP contribution < -0.4 is 5.32 Å². The molecule has 0 saturated heterocycles. The number of hydrogen-bond donors (Lipinski definition) is 1. The molecule has 0 aromatic carbocycles. The number of nitrogens with one attached hydrogen (secondary N) is 1. The van der Waals surface area contributed by atoms with E-state index in [0.717, 1.165) is 0 Å². The molecule has 0 unspecified atom stereocenters. The highest BCUT2D eigenvalue weighted by molar-refractivity contribution is 5.79. The van der Waals surface area contributed by atoms with Gasteiger partial charge in [-0.25, -0.2) is 0 Å². The predicted molar refractivity (Wildman–Crippen MR) is 46.1 cm³/mol. The smallest absolute Gasteiger partial charge is 0.227 e. The number of carbonyl (C=O) groups is 1. The van der Waals surface area contributed by atoms with Crippen molar-refractivity contribution >= 4 is 5.91 Å². The minimum absolute atomic E-state index is 0.0539. The number of amides is 1. The van der Waals surface area contributed by atoms with Crippen LogP contribution in [0.15, 0.2) is 36.8 Å². The van der Waals surface area contributed by atoms with Crippen molar-refractivity contribution in [2.24, 2.45) is 0 Å². The fraction of sp³-hybridized carbons (Fsp3) is 0.222. The van der Waals surface area contributed by atoms with E-state index in [1.165, 1.54) is 0 Å². The van der Waals surface area contributed by atoms with Crippen molar-refractivity contribution in [3.05, 3.63) is 36.8 Å². The summed E-state index contributed by atoms with van der Waals surface area (Å²) in [6.45, 7) is 7.52. The van der Waals surface area contributed by atoms with Gasteiger partial charge in [0.05, 0.1) is 18.7 Å². The standard InChI is InChI=1S/C9H11NO2/c1-3-7-8(4-2)12-6-5-9(11)10-7/h3-4H,1-2,5-6H2,(H,10,11). The summed E-state index contributed by atoms with van der Waals surface area (Å²) in [5, 5.41) is 2.66. The molecule has 0 bridgehead atoms. The van der Waals surface area contributed by atoms with Crippen molar-refractivity contribution in [3.8, 4) is 0 Å². The lowest BCUT2D eigenvalue weighted by molar-refractivity contribution is -0.120. The van der Waals surface area contributed by atoms with Gasteiger partial charge in [0, 0.05) is 0 Å². The second-order valence-corrected chi connectivity index (χ2v) is 2.33. The zero-order valence-corrected chi connectivity index (χ0v) is 6.80. The molecule has 0 radical (unpaired) electrons. The molecule has 1 rings (SSSR count). The van der Waals surface area contributed by atoms with Gasteiger partial charge in [-0.15, -0.1) is 0 Å². The minimum atomic E-state index is -0.0539. The number of allylic oxidation sites excluding steroid dienone is 2. The molecule has 12 heavy (non-hydrogen) atoms. The molecule has 3 heteroatoms. The Morgan fingerprint density at radius 3 is 2.75 bits per heavy atom. The molecule has 0 saturated carbocycles. The van der Waals surface area contributed by atoms with E-state index in [1.807, 2.05) is 0 Å². The van der Waals surface area contributed by atoms with Crippen molar-refractivity contribution in [2.75, 3.05) is 6.61 Å². The van der Waals surface area contributed by atoms with Gasteiger partial charge in [0.25, 0.3) is 0 Å². The van der Waals surface area contributed by atoms with E-state index in [0.29, 0.717) is 24.5 Å². The Kier molecular flexibility index (Phi) is 2.69. The van der Waals surface area contributed by atoms with E-state index in [4.69, 9.17) is 4.74 Å². The van der Waals surface area contributed by atoms with E-state index in [1.54, 1.807) is 12.2 Å². The summed E-state index contributed by atoms with van der Waals surface area (Å²) >= 11 is 0. The van der Waals surface area contributed by atoms with E-state index >= 15 is 0 Å². The van der Waals surface area contributed by atoms with E-state index in [9.17, 15) is 4.79 Å². The first-order chi connectivity index (χ1) is 5.77. The summed E-state index contributed by atoms with van der Waals surface area (Å²) in [5.74, 6) is 0.526. The number of rotatable bonds is 2. The molecule has 0 aliphatic carbocycles. The normalized spacial score (nSPS) is 17.5. The van der Waals surface area contributed by atoms with Gasteiger partial charge in [-0.2, -0.15) is 0 Å². The maximum Gasteiger partial charge on any atom is 0.227 e. The first-order valence-electron chi connectivity index (χ1n) is 3.69. The van der Waals surface area contributed by atoms with Crippen molar-refractivity contribution in [1.82, 2.24) is 5.32 Å². The van der Waals surface area contributed by atoms with Crippen LogP contribution in [0, 0.1) is 0 Å². The Bertz CT molecular complexity index is 253. The van der Waals surface area contributed by atoms with Gasteiger partial charge in [-0.05, 0) is 12.2 Å². The Balaban J connectivity index is 2.91. The first kappa shape index (κ1) is 8.59. The van der Waals surface area contributed by atoms with Crippen molar-refractivity contribution in [1.29, 1.82) is 0 Å². The van der Waals surface area contributed by atoms with Crippen LogP contribution >= 0.6 is 0 Å². The molecule has 0 fully saturated rings.